The van der Waals surface area contributed by atoms with Crippen molar-refractivity contribution in [3.05, 3.63) is 28.8 Å². The summed E-state index contributed by atoms with van der Waals surface area (Å²) < 4.78 is 5.76. The minimum Gasteiger partial charge on any atom is -0.494 e. The average molecular weight is 305 g/mol. The van der Waals surface area contributed by atoms with E-state index in [-0.39, 0.29) is 0 Å². The predicted molar refractivity (Wildman–Crippen MR) is 82.1 cm³/mol. The molecule has 3 rings (SSSR count). The third-order valence-corrected chi connectivity index (χ3v) is 4.61. The van der Waals surface area contributed by atoms with Gasteiger partial charge in [-0.15, -0.1) is 0 Å². The summed E-state index contributed by atoms with van der Waals surface area (Å²) in [7, 11) is 0. The quantitative estimate of drug-likeness (QED) is 0.864. The second-order valence-corrected chi connectivity index (χ2v) is 6.19. The molecule has 0 radical (unpaired) electrons. The fourth-order valence-electron chi connectivity index (χ4n) is 3.60. The molecule has 1 aliphatic heterocycles. The van der Waals surface area contributed by atoms with E-state index in [9.17, 15) is 15.0 Å². The fraction of sp³-hybridized carbons (Fsp3) is 0.588. The Balaban J connectivity index is 1.86. The maximum atomic E-state index is 11.4. The van der Waals surface area contributed by atoms with E-state index in [0.717, 1.165) is 24.2 Å². The van der Waals surface area contributed by atoms with Crippen molar-refractivity contribution in [2.24, 2.45) is 0 Å². The number of likely N-dealkylation sites (tertiary alicyclic amines) is 1. The zero-order valence-electron chi connectivity index (χ0n) is 12.9. The third kappa shape index (κ3) is 2.96. The van der Waals surface area contributed by atoms with E-state index in [0.29, 0.717) is 26.1 Å². The second kappa shape index (κ2) is 6.26. The molecule has 0 spiro atoms. The normalized spacial score (nSPS) is 24.5. The van der Waals surface area contributed by atoms with Crippen LogP contribution in [0.4, 0.5) is 0 Å². The van der Waals surface area contributed by atoms with Gasteiger partial charge < -0.3 is 14.9 Å². The van der Waals surface area contributed by atoms with Crippen LogP contribution >= 0.6 is 0 Å². The van der Waals surface area contributed by atoms with Gasteiger partial charge in [-0.25, -0.2) is 0 Å². The summed E-state index contributed by atoms with van der Waals surface area (Å²) in [4.78, 5) is 13.2. The molecule has 5 nitrogen and oxygen atoms in total. The molecule has 1 aromatic carbocycles. The number of β-amino-alcohol motifs (C(OH)–C–C–N with tert-alkyl or cyclic N) is 1. The summed E-state index contributed by atoms with van der Waals surface area (Å²) in [5, 5.41) is 19.1. The van der Waals surface area contributed by atoms with Gasteiger partial charge in [-0.1, -0.05) is 6.07 Å². The highest BCUT2D eigenvalue weighted by molar-refractivity contribution is 5.74. The number of aliphatic hydroxyl groups excluding tert-OH is 1. The van der Waals surface area contributed by atoms with E-state index in [1.807, 2.05) is 11.8 Å². The molecule has 0 amide bonds. The van der Waals surface area contributed by atoms with E-state index >= 15 is 0 Å². The highest BCUT2D eigenvalue weighted by Gasteiger charge is 2.36. The fourth-order valence-corrected chi connectivity index (χ4v) is 3.60. The molecule has 1 heterocycles. The van der Waals surface area contributed by atoms with E-state index < -0.39 is 18.1 Å². The number of hydrogen-bond acceptors (Lipinski definition) is 4. The number of fused-ring (bicyclic) bond motifs is 1. The first kappa shape index (κ1) is 15.3. The van der Waals surface area contributed by atoms with Crippen LogP contribution in [0.25, 0.3) is 0 Å². The maximum absolute atomic E-state index is 11.4. The van der Waals surface area contributed by atoms with Gasteiger partial charge in [0.05, 0.1) is 12.7 Å². The number of hydrogen-bond donors (Lipinski definition) is 2. The molecule has 1 saturated heterocycles. The molecule has 0 unspecified atom stereocenters. The molecule has 0 saturated carbocycles. The number of carboxylic acids is 1. The summed E-state index contributed by atoms with van der Waals surface area (Å²) >= 11 is 0. The summed E-state index contributed by atoms with van der Waals surface area (Å²) in [6, 6.07) is 3.66. The lowest BCUT2D eigenvalue weighted by atomic mass is 10.0. The van der Waals surface area contributed by atoms with Crippen molar-refractivity contribution in [2.45, 2.75) is 51.3 Å². The van der Waals surface area contributed by atoms with Crippen LogP contribution in [0.5, 0.6) is 5.75 Å². The lowest BCUT2D eigenvalue weighted by Gasteiger charge is -2.23. The number of carboxylic acid groups (broad SMARTS) is 1. The molecule has 2 aliphatic rings. The van der Waals surface area contributed by atoms with Gasteiger partial charge in [0.2, 0.25) is 0 Å². The van der Waals surface area contributed by atoms with Crippen molar-refractivity contribution in [1.82, 2.24) is 4.90 Å². The number of aliphatic hydroxyl groups is 1. The van der Waals surface area contributed by atoms with Crippen molar-refractivity contribution in [1.29, 1.82) is 0 Å². The number of rotatable bonds is 5. The van der Waals surface area contributed by atoms with Crippen LogP contribution in [-0.2, 0) is 24.2 Å². The Morgan fingerprint density at radius 3 is 2.77 bits per heavy atom. The van der Waals surface area contributed by atoms with Crippen LogP contribution < -0.4 is 4.74 Å². The van der Waals surface area contributed by atoms with Crippen molar-refractivity contribution in [2.75, 3.05) is 13.2 Å². The largest absolute Gasteiger partial charge is 0.494 e. The molecular formula is C17H23NO4. The molecule has 22 heavy (non-hydrogen) atoms. The average Bonchev–Trinajstić information content (AvgIpc) is 3.05. The Morgan fingerprint density at radius 2 is 2.09 bits per heavy atom. The summed E-state index contributed by atoms with van der Waals surface area (Å²) in [6.07, 6.45) is 3.08. The number of ether oxygens (including phenoxy) is 1. The molecule has 5 heteroatoms. The minimum absolute atomic E-state index is 0.296. The number of carbonyl (C=O) groups is 1. The molecule has 120 valence electrons. The second-order valence-electron chi connectivity index (χ2n) is 6.19. The Morgan fingerprint density at radius 1 is 1.36 bits per heavy atom. The van der Waals surface area contributed by atoms with Crippen LogP contribution in [0.15, 0.2) is 12.1 Å². The Kier molecular flexibility index (Phi) is 4.36. The summed E-state index contributed by atoms with van der Waals surface area (Å²) in [5.74, 6) is -0.00986. The zero-order valence-corrected chi connectivity index (χ0v) is 12.9. The first-order valence-electron chi connectivity index (χ1n) is 8.01. The van der Waals surface area contributed by atoms with E-state index in [4.69, 9.17) is 4.74 Å². The summed E-state index contributed by atoms with van der Waals surface area (Å²) in [5.41, 5.74) is 3.73. The van der Waals surface area contributed by atoms with Crippen LogP contribution in [0, 0.1) is 0 Å². The molecule has 0 aromatic heterocycles. The molecule has 1 aromatic rings. The lowest BCUT2D eigenvalue weighted by molar-refractivity contribution is -0.142. The zero-order chi connectivity index (χ0) is 15.7. The highest BCUT2D eigenvalue weighted by Crippen LogP contribution is 2.32. The Bertz CT molecular complexity index is 572. The van der Waals surface area contributed by atoms with Gasteiger partial charge in [0.1, 0.15) is 11.8 Å². The molecular weight excluding hydrogens is 282 g/mol. The Labute approximate surface area is 130 Å². The number of aliphatic carboxylic acids is 1. The molecule has 1 fully saturated rings. The van der Waals surface area contributed by atoms with E-state index in [1.54, 1.807) is 0 Å². The molecule has 1 aliphatic carbocycles. The standard InChI is InChI=1S/C17H23NO4/c1-2-22-16-7-12-5-3-4-11(12)6-13(16)9-18-10-14(19)8-15(18)17(20)21/h6-7,14-15,19H,2-5,8-10H2,1H3,(H,20,21)/t14-,15+/m1/s1. The minimum atomic E-state index is -0.865. The maximum Gasteiger partial charge on any atom is 0.321 e. The third-order valence-electron chi connectivity index (χ3n) is 4.61. The molecule has 0 bridgehead atoms. The van der Waals surface area contributed by atoms with Gasteiger partial charge in [0, 0.05) is 25.1 Å². The van der Waals surface area contributed by atoms with Crippen LogP contribution in [0.1, 0.15) is 36.5 Å². The van der Waals surface area contributed by atoms with Crippen LogP contribution in [0.2, 0.25) is 0 Å². The topological polar surface area (TPSA) is 70.0 Å². The number of aryl methyl sites for hydroxylation is 2. The smallest absolute Gasteiger partial charge is 0.321 e. The summed E-state index contributed by atoms with van der Waals surface area (Å²) in [6.45, 7) is 3.46. The van der Waals surface area contributed by atoms with Crippen LogP contribution in [-0.4, -0.2) is 46.4 Å². The molecule has 2 atom stereocenters. The van der Waals surface area contributed by atoms with Gasteiger partial charge in [-0.05, 0) is 43.4 Å². The predicted octanol–water partition coefficient (Wildman–Crippen LogP) is 1.59. The SMILES string of the molecule is CCOc1cc2c(cc1CN1C[C@H](O)C[C@H]1C(=O)O)CCC2. The van der Waals surface area contributed by atoms with Crippen molar-refractivity contribution in [3.8, 4) is 5.75 Å². The van der Waals surface area contributed by atoms with Crippen molar-refractivity contribution in [3.63, 3.8) is 0 Å². The highest BCUT2D eigenvalue weighted by atomic mass is 16.5. The number of nitrogens with zero attached hydrogens (tertiary/aromatic N) is 1. The number of benzene rings is 1. The van der Waals surface area contributed by atoms with Gasteiger partial charge in [0.15, 0.2) is 0 Å². The van der Waals surface area contributed by atoms with E-state index in [2.05, 4.69) is 12.1 Å². The lowest BCUT2D eigenvalue weighted by Crippen LogP contribution is -2.35. The van der Waals surface area contributed by atoms with Crippen molar-refractivity contribution >= 4 is 5.97 Å². The van der Waals surface area contributed by atoms with Crippen LogP contribution in [0.3, 0.4) is 0 Å². The van der Waals surface area contributed by atoms with Gasteiger partial charge >= 0.3 is 5.97 Å². The van der Waals surface area contributed by atoms with Gasteiger partial charge in [0.25, 0.3) is 0 Å². The van der Waals surface area contributed by atoms with Crippen molar-refractivity contribution < 1.29 is 19.7 Å². The van der Waals surface area contributed by atoms with E-state index in [1.165, 1.54) is 17.5 Å². The van der Waals surface area contributed by atoms with Gasteiger partial charge in [-0.2, -0.15) is 0 Å². The monoisotopic (exact) mass is 305 g/mol. The van der Waals surface area contributed by atoms with Gasteiger partial charge in [-0.3, -0.25) is 9.69 Å². The molecule has 2 N–H and O–H groups in total. The first-order valence-corrected chi connectivity index (χ1v) is 8.01. The Hall–Kier alpha value is -1.59. The first-order chi connectivity index (χ1) is 10.6.